The van der Waals surface area contributed by atoms with Gasteiger partial charge in [0.05, 0.1) is 6.42 Å². The average Bonchev–Trinajstić information content (AvgIpc) is 2.81. The van der Waals surface area contributed by atoms with Gasteiger partial charge in [-0.15, -0.1) is 0 Å². The summed E-state index contributed by atoms with van der Waals surface area (Å²) in [4.78, 5) is 52.6. The molecule has 2 unspecified atom stereocenters. The summed E-state index contributed by atoms with van der Waals surface area (Å²) in [6.07, 6.45) is -1.38. The molecule has 10 heteroatoms. The summed E-state index contributed by atoms with van der Waals surface area (Å²) in [5, 5.41) is 15.3. The van der Waals surface area contributed by atoms with Gasteiger partial charge in [-0.25, -0.2) is 4.79 Å². The van der Waals surface area contributed by atoms with E-state index >= 15 is 0 Å². The number of hydrogen-bond donors (Lipinski definition) is 4. The van der Waals surface area contributed by atoms with Crippen molar-refractivity contribution in [2.45, 2.75) is 65.3 Å². The largest absolute Gasteiger partial charge is 0.508 e. The standard InChI is InChI=1S/C27H36N4O6/c1-6-31(25(35)20(15-22(28)33)30-26(36)37-27(3,4)5)23(19-12-13-21(32)17(2)14-19)24(34)29-16-18-10-8-7-9-11-18/h7-14,20,23,32H,6,15-16H2,1-5H3,(H2,28,33)(H,29,34)(H,30,36). The van der Waals surface area contributed by atoms with Gasteiger partial charge in [-0.1, -0.05) is 36.4 Å². The predicted molar refractivity (Wildman–Crippen MR) is 138 cm³/mol. The number of nitrogens with zero attached hydrogens (tertiary/aromatic N) is 1. The maximum Gasteiger partial charge on any atom is 0.408 e. The number of benzene rings is 2. The van der Waals surface area contributed by atoms with Crippen LogP contribution in [-0.4, -0.2) is 52.0 Å². The summed E-state index contributed by atoms with van der Waals surface area (Å²) in [6, 6.07) is 11.4. The van der Waals surface area contributed by atoms with Crippen molar-refractivity contribution in [1.82, 2.24) is 15.5 Å². The average molecular weight is 513 g/mol. The van der Waals surface area contributed by atoms with Crippen LogP contribution in [0.1, 0.15) is 56.8 Å². The number of nitrogens with one attached hydrogen (secondary N) is 2. The normalized spacial score (nSPS) is 12.7. The molecule has 0 fully saturated rings. The first kappa shape index (κ1) is 29.2. The van der Waals surface area contributed by atoms with E-state index in [-0.39, 0.29) is 18.8 Å². The molecule has 0 saturated heterocycles. The number of carbonyl (C=O) groups is 4. The van der Waals surface area contributed by atoms with E-state index in [0.29, 0.717) is 11.1 Å². The maximum absolute atomic E-state index is 13.7. The summed E-state index contributed by atoms with van der Waals surface area (Å²) >= 11 is 0. The van der Waals surface area contributed by atoms with Crippen LogP contribution in [0, 0.1) is 6.92 Å². The number of nitrogens with two attached hydrogens (primary N) is 1. The Morgan fingerprint density at radius 2 is 1.73 bits per heavy atom. The number of hydrogen-bond acceptors (Lipinski definition) is 6. The quantitative estimate of drug-likeness (QED) is 0.384. The van der Waals surface area contributed by atoms with Crippen molar-refractivity contribution in [3.05, 3.63) is 65.2 Å². The van der Waals surface area contributed by atoms with Crippen LogP contribution in [0.3, 0.4) is 0 Å². The summed E-state index contributed by atoms with van der Waals surface area (Å²) in [5.74, 6) is -1.92. The molecule has 10 nitrogen and oxygen atoms in total. The molecule has 37 heavy (non-hydrogen) atoms. The molecule has 4 amide bonds. The second-order valence-electron chi connectivity index (χ2n) is 9.65. The number of primary amides is 1. The Morgan fingerprint density at radius 3 is 2.27 bits per heavy atom. The zero-order valence-corrected chi connectivity index (χ0v) is 21.9. The third-order valence-electron chi connectivity index (χ3n) is 5.42. The fourth-order valence-corrected chi connectivity index (χ4v) is 3.72. The summed E-state index contributed by atoms with van der Waals surface area (Å²) in [6.45, 7) is 8.64. The third-order valence-corrected chi connectivity index (χ3v) is 5.42. The lowest BCUT2D eigenvalue weighted by Gasteiger charge is -2.33. The van der Waals surface area contributed by atoms with Crippen molar-refractivity contribution < 1.29 is 29.0 Å². The zero-order valence-electron chi connectivity index (χ0n) is 21.9. The van der Waals surface area contributed by atoms with Gasteiger partial charge in [0.1, 0.15) is 23.4 Å². The highest BCUT2D eigenvalue weighted by Crippen LogP contribution is 2.27. The van der Waals surface area contributed by atoms with Crippen LogP contribution >= 0.6 is 0 Å². The Hall–Kier alpha value is -4.08. The highest BCUT2D eigenvalue weighted by molar-refractivity contribution is 5.94. The molecule has 0 saturated carbocycles. The zero-order chi connectivity index (χ0) is 27.8. The fourth-order valence-electron chi connectivity index (χ4n) is 3.72. The first-order valence-corrected chi connectivity index (χ1v) is 12.0. The smallest absolute Gasteiger partial charge is 0.408 e. The molecule has 2 rings (SSSR count). The van der Waals surface area contributed by atoms with E-state index in [1.54, 1.807) is 46.8 Å². The van der Waals surface area contributed by atoms with Crippen molar-refractivity contribution in [3.8, 4) is 5.75 Å². The number of carbonyl (C=O) groups excluding carboxylic acids is 4. The molecule has 0 radical (unpaired) electrons. The Morgan fingerprint density at radius 1 is 1.08 bits per heavy atom. The van der Waals surface area contributed by atoms with Crippen LogP contribution in [0.15, 0.2) is 48.5 Å². The molecule has 0 aliphatic rings. The number of rotatable bonds is 10. The lowest BCUT2D eigenvalue weighted by molar-refractivity contribution is -0.143. The Labute approximate surface area is 217 Å². The van der Waals surface area contributed by atoms with E-state index in [2.05, 4.69) is 10.6 Å². The van der Waals surface area contributed by atoms with Gasteiger partial charge in [-0.2, -0.15) is 0 Å². The fraction of sp³-hybridized carbons (Fsp3) is 0.407. The van der Waals surface area contributed by atoms with E-state index in [1.165, 1.54) is 11.0 Å². The number of aryl methyl sites for hydroxylation is 1. The molecule has 2 atom stereocenters. The first-order valence-electron chi connectivity index (χ1n) is 12.0. The van der Waals surface area contributed by atoms with Gasteiger partial charge in [0.15, 0.2) is 0 Å². The minimum Gasteiger partial charge on any atom is -0.508 e. The van der Waals surface area contributed by atoms with Crippen LogP contribution < -0.4 is 16.4 Å². The lowest BCUT2D eigenvalue weighted by atomic mass is 9.99. The molecular weight excluding hydrogens is 476 g/mol. The van der Waals surface area contributed by atoms with Gasteiger partial charge in [-0.05, 0) is 63.4 Å². The molecule has 0 aliphatic carbocycles. The van der Waals surface area contributed by atoms with E-state index in [1.807, 2.05) is 30.3 Å². The minimum atomic E-state index is -1.35. The number of likely N-dealkylation sites (N-methyl/N-ethyl adjacent to an activating group) is 1. The Balaban J connectivity index is 2.42. The Bertz CT molecular complexity index is 1110. The molecule has 0 bridgehead atoms. The molecule has 2 aromatic rings. The second kappa shape index (κ2) is 12.8. The molecule has 0 spiro atoms. The third kappa shape index (κ3) is 8.82. The van der Waals surface area contributed by atoms with Gasteiger partial charge < -0.3 is 31.1 Å². The van der Waals surface area contributed by atoms with Crippen LogP contribution in [0.2, 0.25) is 0 Å². The van der Waals surface area contributed by atoms with E-state index in [9.17, 15) is 24.3 Å². The number of aromatic hydroxyl groups is 1. The van der Waals surface area contributed by atoms with Crippen LogP contribution in [0.5, 0.6) is 5.75 Å². The van der Waals surface area contributed by atoms with Gasteiger partial charge in [0.25, 0.3) is 0 Å². The molecular formula is C27H36N4O6. The molecule has 0 aromatic heterocycles. The molecule has 0 heterocycles. The van der Waals surface area contributed by atoms with Crippen molar-refractivity contribution in [1.29, 1.82) is 0 Å². The van der Waals surface area contributed by atoms with Crippen LogP contribution in [0.25, 0.3) is 0 Å². The lowest BCUT2D eigenvalue weighted by Crippen LogP contribution is -2.54. The van der Waals surface area contributed by atoms with Crippen molar-refractivity contribution in [3.63, 3.8) is 0 Å². The highest BCUT2D eigenvalue weighted by atomic mass is 16.6. The van der Waals surface area contributed by atoms with E-state index < -0.39 is 47.9 Å². The molecule has 2 aromatic carbocycles. The summed E-state index contributed by atoms with van der Waals surface area (Å²) in [7, 11) is 0. The molecule has 200 valence electrons. The monoisotopic (exact) mass is 512 g/mol. The summed E-state index contributed by atoms with van der Waals surface area (Å²) in [5.41, 5.74) is 6.36. The summed E-state index contributed by atoms with van der Waals surface area (Å²) < 4.78 is 5.24. The van der Waals surface area contributed by atoms with Crippen LogP contribution in [0.4, 0.5) is 4.79 Å². The number of phenolic OH excluding ortho intramolecular Hbond substituents is 1. The number of phenols is 1. The van der Waals surface area contributed by atoms with Crippen molar-refractivity contribution >= 4 is 23.8 Å². The maximum atomic E-state index is 13.7. The molecule has 0 aliphatic heterocycles. The van der Waals surface area contributed by atoms with Crippen molar-refractivity contribution in [2.75, 3.05) is 6.54 Å². The Kier molecular flexibility index (Phi) is 10.0. The number of alkyl carbamates (subject to hydrolysis) is 1. The topological polar surface area (TPSA) is 151 Å². The highest BCUT2D eigenvalue weighted by Gasteiger charge is 2.36. The minimum absolute atomic E-state index is 0.0415. The van der Waals surface area contributed by atoms with Gasteiger partial charge in [0, 0.05) is 13.1 Å². The number of ether oxygens (including phenoxy) is 1. The van der Waals surface area contributed by atoms with E-state index in [0.717, 1.165) is 5.56 Å². The SMILES string of the molecule is CCN(C(=O)C(CC(N)=O)NC(=O)OC(C)(C)C)C(C(=O)NCc1ccccc1)c1ccc(O)c(C)c1. The number of amides is 4. The second-order valence-corrected chi connectivity index (χ2v) is 9.65. The van der Waals surface area contributed by atoms with Crippen LogP contribution in [-0.2, 0) is 25.7 Å². The van der Waals surface area contributed by atoms with Gasteiger partial charge in [0.2, 0.25) is 17.7 Å². The first-order chi connectivity index (χ1) is 17.3. The van der Waals surface area contributed by atoms with Crippen molar-refractivity contribution in [2.24, 2.45) is 5.73 Å². The van der Waals surface area contributed by atoms with Gasteiger partial charge in [-0.3, -0.25) is 14.4 Å². The molecule has 5 N–H and O–H groups in total. The van der Waals surface area contributed by atoms with Gasteiger partial charge >= 0.3 is 6.09 Å². The van der Waals surface area contributed by atoms with E-state index in [4.69, 9.17) is 10.5 Å². The predicted octanol–water partition coefficient (Wildman–Crippen LogP) is 2.68.